The van der Waals surface area contributed by atoms with E-state index in [2.05, 4.69) is 10.6 Å². The van der Waals surface area contributed by atoms with E-state index >= 15 is 0 Å². The molecular formula is C11H16ClN3O. The van der Waals surface area contributed by atoms with E-state index in [9.17, 15) is 4.79 Å². The van der Waals surface area contributed by atoms with Crippen molar-refractivity contribution >= 4 is 17.5 Å². The molecule has 1 aromatic rings. The lowest BCUT2D eigenvalue weighted by molar-refractivity contribution is 0.0921. The monoisotopic (exact) mass is 241 g/mol. The first kappa shape index (κ1) is 11.5. The first-order valence-electron chi connectivity index (χ1n) is 5.50. The number of halogens is 1. The molecule has 0 spiro atoms. The van der Waals surface area contributed by atoms with Crippen LogP contribution < -0.4 is 10.6 Å². The Kier molecular flexibility index (Phi) is 3.51. The van der Waals surface area contributed by atoms with E-state index in [1.165, 1.54) is 0 Å². The first-order valence-corrected chi connectivity index (χ1v) is 5.88. The number of amides is 1. The smallest absolute Gasteiger partial charge is 0.268 e. The molecule has 16 heavy (non-hydrogen) atoms. The summed E-state index contributed by atoms with van der Waals surface area (Å²) >= 11 is 5.84. The van der Waals surface area contributed by atoms with Crippen LogP contribution in [0.5, 0.6) is 0 Å². The Hall–Kier alpha value is -1.00. The van der Waals surface area contributed by atoms with Crippen LogP contribution in [0.15, 0.2) is 12.3 Å². The normalized spacial score (nSPS) is 17.4. The highest BCUT2D eigenvalue weighted by molar-refractivity contribution is 6.31. The van der Waals surface area contributed by atoms with Crippen molar-refractivity contribution < 1.29 is 4.79 Å². The van der Waals surface area contributed by atoms with Crippen LogP contribution in [0.3, 0.4) is 0 Å². The molecule has 2 N–H and O–H groups in total. The van der Waals surface area contributed by atoms with Crippen molar-refractivity contribution in [1.82, 2.24) is 15.2 Å². The second-order valence-corrected chi connectivity index (χ2v) is 4.59. The maximum Gasteiger partial charge on any atom is 0.268 e. The van der Waals surface area contributed by atoms with E-state index in [1.54, 1.807) is 16.8 Å². The van der Waals surface area contributed by atoms with Gasteiger partial charge in [-0.3, -0.25) is 4.79 Å². The minimum absolute atomic E-state index is 0.0405. The average molecular weight is 242 g/mol. The van der Waals surface area contributed by atoms with Gasteiger partial charge in [0.05, 0.1) is 5.02 Å². The Morgan fingerprint density at radius 1 is 1.56 bits per heavy atom. The Balaban J connectivity index is 1.99. The summed E-state index contributed by atoms with van der Waals surface area (Å²) in [5.74, 6) is -0.0405. The summed E-state index contributed by atoms with van der Waals surface area (Å²) in [6.07, 6.45) is 3.71. The van der Waals surface area contributed by atoms with Crippen LogP contribution in [-0.4, -0.2) is 29.6 Å². The lowest BCUT2D eigenvalue weighted by Gasteiger charge is -2.23. The molecule has 1 aliphatic heterocycles. The van der Waals surface area contributed by atoms with Crippen molar-refractivity contribution in [2.45, 2.75) is 18.9 Å². The van der Waals surface area contributed by atoms with Crippen LogP contribution in [0.1, 0.15) is 23.3 Å². The minimum atomic E-state index is -0.0405. The molecule has 0 saturated carbocycles. The van der Waals surface area contributed by atoms with Gasteiger partial charge in [-0.2, -0.15) is 0 Å². The number of piperidine rings is 1. The predicted molar refractivity (Wildman–Crippen MR) is 63.8 cm³/mol. The maximum absolute atomic E-state index is 11.9. The molecule has 1 amide bonds. The zero-order valence-electron chi connectivity index (χ0n) is 9.29. The summed E-state index contributed by atoms with van der Waals surface area (Å²) in [4.78, 5) is 11.9. The average Bonchev–Trinajstić information content (AvgIpc) is 2.59. The molecule has 0 unspecified atom stereocenters. The van der Waals surface area contributed by atoms with Crippen molar-refractivity contribution in [1.29, 1.82) is 0 Å². The van der Waals surface area contributed by atoms with Gasteiger partial charge in [0.15, 0.2) is 0 Å². The van der Waals surface area contributed by atoms with Gasteiger partial charge >= 0.3 is 0 Å². The van der Waals surface area contributed by atoms with Crippen molar-refractivity contribution in [3.63, 3.8) is 0 Å². The number of nitrogens with one attached hydrogen (secondary N) is 2. The van der Waals surface area contributed by atoms with Crippen LogP contribution in [0.25, 0.3) is 0 Å². The Morgan fingerprint density at radius 3 is 2.81 bits per heavy atom. The molecule has 2 rings (SSSR count). The number of hydrogen-bond acceptors (Lipinski definition) is 2. The topological polar surface area (TPSA) is 46.1 Å². The van der Waals surface area contributed by atoms with Gasteiger partial charge in [-0.1, -0.05) is 11.6 Å². The number of aromatic nitrogens is 1. The van der Waals surface area contributed by atoms with Crippen molar-refractivity contribution in [2.24, 2.45) is 7.05 Å². The first-order chi connectivity index (χ1) is 7.66. The number of carbonyl (C=O) groups is 1. The summed E-state index contributed by atoms with van der Waals surface area (Å²) in [6.45, 7) is 1.94. The molecule has 1 aromatic heterocycles. The predicted octanol–water partition coefficient (Wildman–Crippen LogP) is 1.16. The van der Waals surface area contributed by atoms with E-state index in [0.717, 1.165) is 25.9 Å². The van der Waals surface area contributed by atoms with Gasteiger partial charge in [-0.05, 0) is 32.0 Å². The molecule has 4 nitrogen and oxygen atoms in total. The third-order valence-corrected chi connectivity index (χ3v) is 3.09. The van der Waals surface area contributed by atoms with Gasteiger partial charge < -0.3 is 15.2 Å². The van der Waals surface area contributed by atoms with Crippen LogP contribution in [0.2, 0.25) is 5.02 Å². The van der Waals surface area contributed by atoms with Gasteiger partial charge in [-0.25, -0.2) is 0 Å². The summed E-state index contributed by atoms with van der Waals surface area (Å²) in [5.41, 5.74) is 0.614. The number of carbonyl (C=O) groups excluding carboxylic acids is 1. The molecule has 0 bridgehead atoms. The van der Waals surface area contributed by atoms with Crippen molar-refractivity contribution in [3.05, 3.63) is 23.0 Å². The third-order valence-electron chi connectivity index (χ3n) is 2.88. The molecule has 2 heterocycles. The van der Waals surface area contributed by atoms with Crippen LogP contribution in [0, 0.1) is 0 Å². The van der Waals surface area contributed by atoms with Crippen LogP contribution >= 0.6 is 11.6 Å². The Labute approximate surface area is 100.0 Å². The standard InChI is InChI=1S/C11H16ClN3O/c1-15-7-8(12)6-10(15)11(16)14-9-2-4-13-5-3-9/h6-7,9,13H,2-5H2,1H3,(H,14,16). The van der Waals surface area contributed by atoms with Crippen LogP contribution in [0.4, 0.5) is 0 Å². The highest BCUT2D eigenvalue weighted by Crippen LogP contribution is 2.13. The summed E-state index contributed by atoms with van der Waals surface area (Å²) in [5, 5.41) is 6.89. The molecule has 0 aromatic carbocycles. The highest BCUT2D eigenvalue weighted by Gasteiger charge is 2.18. The number of aryl methyl sites for hydroxylation is 1. The zero-order chi connectivity index (χ0) is 11.5. The molecule has 1 saturated heterocycles. The fourth-order valence-corrected chi connectivity index (χ4v) is 2.23. The van der Waals surface area contributed by atoms with Gasteiger partial charge in [0.25, 0.3) is 5.91 Å². The molecule has 88 valence electrons. The van der Waals surface area contributed by atoms with Gasteiger partial charge in [0.1, 0.15) is 5.69 Å². The third kappa shape index (κ3) is 2.57. The second-order valence-electron chi connectivity index (χ2n) is 4.15. The van der Waals surface area contributed by atoms with Crippen molar-refractivity contribution in [2.75, 3.05) is 13.1 Å². The lowest BCUT2D eigenvalue weighted by atomic mass is 10.1. The minimum Gasteiger partial charge on any atom is -0.348 e. The molecule has 1 aliphatic rings. The highest BCUT2D eigenvalue weighted by atomic mass is 35.5. The molecular weight excluding hydrogens is 226 g/mol. The van der Waals surface area contributed by atoms with Gasteiger partial charge in [0, 0.05) is 19.3 Å². The number of hydrogen-bond donors (Lipinski definition) is 2. The van der Waals surface area contributed by atoms with Crippen molar-refractivity contribution in [3.8, 4) is 0 Å². The SMILES string of the molecule is Cn1cc(Cl)cc1C(=O)NC1CCNCC1. The number of nitrogens with zero attached hydrogens (tertiary/aromatic N) is 1. The number of rotatable bonds is 2. The maximum atomic E-state index is 11.9. The second kappa shape index (κ2) is 4.89. The van der Waals surface area contributed by atoms with E-state index in [1.807, 2.05) is 7.05 Å². The Morgan fingerprint density at radius 2 is 2.25 bits per heavy atom. The fraction of sp³-hybridized carbons (Fsp3) is 0.545. The summed E-state index contributed by atoms with van der Waals surface area (Å²) in [6, 6.07) is 1.97. The molecule has 1 fully saturated rings. The van der Waals surface area contributed by atoms with E-state index in [4.69, 9.17) is 11.6 Å². The largest absolute Gasteiger partial charge is 0.348 e. The fourth-order valence-electron chi connectivity index (χ4n) is 1.98. The van der Waals surface area contributed by atoms with Gasteiger partial charge in [-0.15, -0.1) is 0 Å². The van der Waals surface area contributed by atoms with E-state index < -0.39 is 0 Å². The molecule has 0 radical (unpaired) electrons. The zero-order valence-corrected chi connectivity index (χ0v) is 10.0. The summed E-state index contributed by atoms with van der Waals surface area (Å²) < 4.78 is 1.75. The molecule has 5 heteroatoms. The molecule has 0 aliphatic carbocycles. The lowest BCUT2D eigenvalue weighted by Crippen LogP contribution is -2.43. The Bertz CT molecular complexity index is 383. The quantitative estimate of drug-likeness (QED) is 0.816. The summed E-state index contributed by atoms with van der Waals surface area (Å²) in [7, 11) is 1.82. The van der Waals surface area contributed by atoms with Crippen LogP contribution in [-0.2, 0) is 7.05 Å². The van der Waals surface area contributed by atoms with Gasteiger partial charge in [0.2, 0.25) is 0 Å². The van der Waals surface area contributed by atoms with E-state index in [-0.39, 0.29) is 11.9 Å². The van der Waals surface area contributed by atoms with E-state index in [0.29, 0.717) is 10.7 Å². The molecule has 0 atom stereocenters.